The van der Waals surface area contributed by atoms with Gasteiger partial charge in [-0.2, -0.15) is 5.10 Å². The highest BCUT2D eigenvalue weighted by Gasteiger charge is 2.33. The van der Waals surface area contributed by atoms with Gasteiger partial charge in [-0.3, -0.25) is 14.9 Å². The maximum absolute atomic E-state index is 10.8. The van der Waals surface area contributed by atoms with E-state index in [0.29, 0.717) is 6.04 Å². The third-order valence-corrected chi connectivity index (χ3v) is 6.21. The van der Waals surface area contributed by atoms with Crippen LogP contribution in [0.15, 0.2) is 36.4 Å². The fraction of sp³-hybridized carbons (Fsp3) is 0.591. The van der Waals surface area contributed by atoms with Crippen LogP contribution in [0.1, 0.15) is 23.4 Å². The highest BCUT2D eigenvalue weighted by molar-refractivity contribution is 5.15. The zero-order chi connectivity index (χ0) is 19.3. The Morgan fingerprint density at radius 3 is 2.54 bits per heavy atom. The number of piperidine rings is 1. The van der Waals surface area contributed by atoms with Crippen LogP contribution in [0.25, 0.3) is 0 Å². The van der Waals surface area contributed by atoms with Gasteiger partial charge in [0, 0.05) is 64.1 Å². The molecule has 2 aliphatic rings. The number of hydrogen-bond donors (Lipinski definition) is 2. The average Bonchev–Trinajstić information content (AvgIpc) is 3.12. The van der Waals surface area contributed by atoms with Crippen LogP contribution in [0, 0.1) is 6.92 Å². The van der Waals surface area contributed by atoms with Crippen molar-refractivity contribution in [1.29, 1.82) is 0 Å². The summed E-state index contributed by atoms with van der Waals surface area (Å²) in [5.41, 5.74) is 3.57. The Bertz CT molecular complexity index is 726. The zero-order valence-electron chi connectivity index (χ0n) is 16.9. The predicted octanol–water partition coefficient (Wildman–Crippen LogP) is 1.51. The van der Waals surface area contributed by atoms with E-state index in [1.807, 2.05) is 6.92 Å². The van der Waals surface area contributed by atoms with Crippen LogP contribution >= 0.6 is 0 Å². The maximum Gasteiger partial charge on any atom is 0.0822 e. The lowest BCUT2D eigenvalue weighted by Crippen LogP contribution is -2.58. The standard InChI is InChI=1S/C22H33N5O/c1-18-15-20(24-23-18)16-26-10-8-21(22(28)17-26)27-13-11-25(12-14-27)9-7-19-5-3-2-4-6-19/h2-6,15,21-22,28H,7-14,16-17H2,1H3,(H,23,24)/t21-,22-/m0/s1. The van der Waals surface area contributed by atoms with E-state index in [9.17, 15) is 5.11 Å². The number of aliphatic hydroxyl groups is 1. The maximum atomic E-state index is 10.8. The third kappa shape index (κ3) is 5.00. The second-order valence-corrected chi connectivity index (χ2v) is 8.31. The summed E-state index contributed by atoms with van der Waals surface area (Å²) in [6.45, 7) is 10.1. The van der Waals surface area contributed by atoms with Gasteiger partial charge in [-0.05, 0) is 31.4 Å². The van der Waals surface area contributed by atoms with Gasteiger partial charge in [0.2, 0.25) is 0 Å². The minimum atomic E-state index is -0.273. The molecule has 2 atom stereocenters. The summed E-state index contributed by atoms with van der Waals surface area (Å²) in [5.74, 6) is 0. The van der Waals surface area contributed by atoms with E-state index in [1.165, 1.54) is 5.56 Å². The van der Waals surface area contributed by atoms with E-state index in [4.69, 9.17) is 0 Å². The van der Waals surface area contributed by atoms with Crippen LogP contribution in [0.5, 0.6) is 0 Å². The minimum Gasteiger partial charge on any atom is -0.390 e. The molecule has 0 spiro atoms. The molecule has 2 N–H and O–H groups in total. The topological polar surface area (TPSA) is 58.6 Å². The van der Waals surface area contributed by atoms with Gasteiger partial charge in [0.25, 0.3) is 0 Å². The van der Waals surface area contributed by atoms with Gasteiger partial charge >= 0.3 is 0 Å². The molecule has 0 amide bonds. The van der Waals surface area contributed by atoms with E-state index < -0.39 is 0 Å². The Hall–Kier alpha value is -1.73. The number of piperazine rings is 1. The molecule has 0 saturated carbocycles. The number of benzene rings is 1. The van der Waals surface area contributed by atoms with Crippen molar-refractivity contribution in [2.75, 3.05) is 45.8 Å². The molecule has 1 aromatic heterocycles. The highest BCUT2D eigenvalue weighted by Crippen LogP contribution is 2.20. The van der Waals surface area contributed by atoms with Crippen LogP contribution < -0.4 is 0 Å². The molecule has 0 radical (unpaired) electrons. The number of nitrogens with one attached hydrogen (secondary N) is 1. The normalized spacial score (nSPS) is 25.2. The number of aromatic amines is 1. The van der Waals surface area contributed by atoms with Crippen molar-refractivity contribution in [3.05, 3.63) is 53.3 Å². The van der Waals surface area contributed by atoms with Crippen molar-refractivity contribution in [3.8, 4) is 0 Å². The van der Waals surface area contributed by atoms with Crippen molar-refractivity contribution in [3.63, 3.8) is 0 Å². The predicted molar refractivity (Wildman–Crippen MR) is 111 cm³/mol. The van der Waals surface area contributed by atoms with Crippen LogP contribution in [0.3, 0.4) is 0 Å². The molecular weight excluding hydrogens is 350 g/mol. The van der Waals surface area contributed by atoms with Gasteiger partial charge in [-0.25, -0.2) is 0 Å². The monoisotopic (exact) mass is 383 g/mol. The smallest absolute Gasteiger partial charge is 0.0822 e. The molecule has 152 valence electrons. The van der Waals surface area contributed by atoms with Gasteiger partial charge in [-0.15, -0.1) is 0 Å². The van der Waals surface area contributed by atoms with Crippen molar-refractivity contribution >= 4 is 0 Å². The number of aliphatic hydroxyl groups excluding tert-OH is 1. The minimum absolute atomic E-state index is 0.273. The molecule has 3 heterocycles. The quantitative estimate of drug-likeness (QED) is 0.792. The Morgan fingerprint density at radius 2 is 1.86 bits per heavy atom. The van der Waals surface area contributed by atoms with E-state index in [0.717, 1.165) is 76.6 Å². The molecule has 2 fully saturated rings. The molecule has 2 aliphatic heterocycles. The lowest BCUT2D eigenvalue weighted by molar-refractivity contribution is -0.0310. The fourth-order valence-corrected chi connectivity index (χ4v) is 4.59. The highest BCUT2D eigenvalue weighted by atomic mass is 16.3. The summed E-state index contributed by atoms with van der Waals surface area (Å²) in [6, 6.07) is 13.1. The first kappa shape index (κ1) is 19.6. The van der Waals surface area contributed by atoms with Gasteiger partial charge in [-0.1, -0.05) is 30.3 Å². The molecular formula is C22H33N5O. The molecule has 0 unspecified atom stereocenters. The summed E-state index contributed by atoms with van der Waals surface area (Å²) in [6.07, 6.45) is 1.88. The molecule has 6 nitrogen and oxygen atoms in total. The number of β-amino-alcohol motifs (C(OH)–C–C–N with tert-alkyl or cyclic N) is 1. The summed E-state index contributed by atoms with van der Waals surface area (Å²) in [5, 5.41) is 18.1. The van der Waals surface area contributed by atoms with E-state index >= 15 is 0 Å². The molecule has 0 aliphatic carbocycles. The van der Waals surface area contributed by atoms with E-state index in [2.05, 4.69) is 61.3 Å². The summed E-state index contributed by atoms with van der Waals surface area (Å²) in [4.78, 5) is 7.40. The molecule has 0 bridgehead atoms. The van der Waals surface area contributed by atoms with Gasteiger partial charge in [0.15, 0.2) is 0 Å². The summed E-state index contributed by atoms with van der Waals surface area (Å²) >= 11 is 0. The molecule has 6 heteroatoms. The van der Waals surface area contributed by atoms with Crippen molar-refractivity contribution in [1.82, 2.24) is 24.9 Å². The van der Waals surface area contributed by atoms with Crippen molar-refractivity contribution in [2.24, 2.45) is 0 Å². The lowest BCUT2D eigenvalue weighted by atomic mass is 9.99. The van der Waals surface area contributed by atoms with Gasteiger partial charge < -0.3 is 10.0 Å². The van der Waals surface area contributed by atoms with Gasteiger partial charge in [0.1, 0.15) is 0 Å². The number of likely N-dealkylation sites (tertiary alicyclic amines) is 1. The second-order valence-electron chi connectivity index (χ2n) is 8.31. The van der Waals surface area contributed by atoms with Crippen LogP contribution in [0.2, 0.25) is 0 Å². The largest absolute Gasteiger partial charge is 0.390 e. The number of hydrogen-bond acceptors (Lipinski definition) is 5. The SMILES string of the molecule is Cc1cc(CN2CC[C@H](N3CCN(CCc4ccccc4)CC3)[C@@H](O)C2)n[nH]1. The Morgan fingerprint density at radius 1 is 1.07 bits per heavy atom. The molecule has 4 rings (SSSR count). The molecule has 28 heavy (non-hydrogen) atoms. The van der Waals surface area contributed by atoms with E-state index in [-0.39, 0.29) is 6.10 Å². The van der Waals surface area contributed by atoms with Crippen molar-refractivity contribution in [2.45, 2.75) is 38.5 Å². The lowest BCUT2D eigenvalue weighted by Gasteiger charge is -2.45. The number of nitrogens with zero attached hydrogens (tertiary/aromatic N) is 4. The van der Waals surface area contributed by atoms with Crippen LogP contribution in [-0.2, 0) is 13.0 Å². The Kier molecular flexibility index (Phi) is 6.42. The average molecular weight is 384 g/mol. The van der Waals surface area contributed by atoms with Crippen LogP contribution in [-0.4, -0.2) is 88.0 Å². The molecule has 2 saturated heterocycles. The second kappa shape index (κ2) is 9.18. The first-order chi connectivity index (χ1) is 13.7. The summed E-state index contributed by atoms with van der Waals surface area (Å²) in [7, 11) is 0. The fourth-order valence-electron chi connectivity index (χ4n) is 4.59. The number of rotatable bonds is 6. The first-order valence-electron chi connectivity index (χ1n) is 10.6. The number of H-pyrrole nitrogens is 1. The van der Waals surface area contributed by atoms with Crippen molar-refractivity contribution < 1.29 is 5.11 Å². The first-order valence-corrected chi connectivity index (χ1v) is 10.6. The van der Waals surface area contributed by atoms with Crippen LogP contribution in [0.4, 0.5) is 0 Å². The van der Waals surface area contributed by atoms with E-state index in [1.54, 1.807) is 0 Å². The summed E-state index contributed by atoms with van der Waals surface area (Å²) < 4.78 is 0. The third-order valence-electron chi connectivity index (χ3n) is 6.21. The number of aromatic nitrogens is 2. The Labute approximate surface area is 168 Å². The zero-order valence-corrected chi connectivity index (χ0v) is 16.9. The van der Waals surface area contributed by atoms with Gasteiger partial charge in [0.05, 0.1) is 11.8 Å². The molecule has 2 aromatic rings. The Balaban J connectivity index is 1.20. The number of aryl methyl sites for hydroxylation is 1. The molecule has 1 aromatic carbocycles.